The number of amides is 1. The third-order valence-corrected chi connectivity index (χ3v) is 4.35. The standard InChI is InChI=1S/C18H27N3O3/c1-3-4-6-17(22)19-16-8-7-14(13-15(16)18(23)24)21-10-5-9-20(2)11-12-21/h7-8,13H,3-6,9-12H2,1-2H3,(H,19,22)(H,23,24). The predicted molar refractivity (Wildman–Crippen MR) is 95.9 cm³/mol. The fourth-order valence-electron chi connectivity index (χ4n) is 2.87. The normalized spacial score (nSPS) is 15.8. The number of rotatable bonds is 6. The molecule has 1 aliphatic rings. The number of benzene rings is 1. The molecule has 1 aromatic carbocycles. The van der Waals surface area contributed by atoms with Crippen LogP contribution in [0.3, 0.4) is 0 Å². The van der Waals surface area contributed by atoms with Gasteiger partial charge >= 0.3 is 5.97 Å². The Bertz CT molecular complexity index is 589. The van der Waals surface area contributed by atoms with Gasteiger partial charge in [0.25, 0.3) is 0 Å². The third kappa shape index (κ3) is 4.96. The number of anilines is 2. The molecule has 6 heteroatoms. The minimum atomic E-state index is -1.02. The Kier molecular flexibility index (Phi) is 6.61. The molecule has 1 aromatic rings. The molecule has 0 bridgehead atoms. The van der Waals surface area contributed by atoms with Gasteiger partial charge in [-0.1, -0.05) is 13.3 Å². The Morgan fingerprint density at radius 2 is 2.00 bits per heavy atom. The van der Waals surface area contributed by atoms with E-state index in [4.69, 9.17) is 0 Å². The van der Waals surface area contributed by atoms with E-state index >= 15 is 0 Å². The molecule has 1 amide bonds. The number of carboxylic acids is 1. The van der Waals surface area contributed by atoms with Crippen LogP contribution in [0.15, 0.2) is 18.2 Å². The second-order valence-corrected chi connectivity index (χ2v) is 6.33. The Balaban J connectivity index is 2.16. The third-order valence-electron chi connectivity index (χ3n) is 4.35. The van der Waals surface area contributed by atoms with Crippen LogP contribution in [-0.4, -0.2) is 55.1 Å². The number of nitrogens with one attached hydrogen (secondary N) is 1. The van der Waals surface area contributed by atoms with Crippen LogP contribution in [0.2, 0.25) is 0 Å². The maximum atomic E-state index is 11.9. The summed E-state index contributed by atoms with van der Waals surface area (Å²) in [6.07, 6.45) is 3.19. The molecule has 1 aliphatic heterocycles. The summed E-state index contributed by atoms with van der Waals surface area (Å²) in [5.41, 5.74) is 1.42. The molecule has 2 N–H and O–H groups in total. The van der Waals surface area contributed by atoms with Crippen LogP contribution in [0.25, 0.3) is 0 Å². The van der Waals surface area contributed by atoms with Gasteiger partial charge in [-0.15, -0.1) is 0 Å². The smallest absolute Gasteiger partial charge is 0.337 e. The summed E-state index contributed by atoms with van der Waals surface area (Å²) in [6, 6.07) is 5.27. The molecule has 1 saturated heterocycles. The number of aromatic carboxylic acids is 1. The minimum Gasteiger partial charge on any atom is -0.478 e. The van der Waals surface area contributed by atoms with E-state index in [-0.39, 0.29) is 11.5 Å². The first-order valence-corrected chi connectivity index (χ1v) is 8.62. The van der Waals surface area contributed by atoms with Crippen molar-refractivity contribution < 1.29 is 14.7 Å². The molecule has 0 spiro atoms. The van der Waals surface area contributed by atoms with Crippen molar-refractivity contribution in [3.63, 3.8) is 0 Å². The molecular formula is C18H27N3O3. The highest BCUT2D eigenvalue weighted by atomic mass is 16.4. The van der Waals surface area contributed by atoms with Crippen molar-refractivity contribution in [3.8, 4) is 0 Å². The van der Waals surface area contributed by atoms with E-state index in [9.17, 15) is 14.7 Å². The van der Waals surface area contributed by atoms with Gasteiger partial charge in [-0.25, -0.2) is 4.79 Å². The molecule has 2 rings (SSSR count). The van der Waals surface area contributed by atoms with Crippen LogP contribution in [0.4, 0.5) is 11.4 Å². The van der Waals surface area contributed by atoms with Crippen molar-refractivity contribution in [2.45, 2.75) is 32.6 Å². The first kappa shape index (κ1) is 18.3. The van der Waals surface area contributed by atoms with Crippen molar-refractivity contribution in [3.05, 3.63) is 23.8 Å². The Morgan fingerprint density at radius 1 is 1.21 bits per heavy atom. The summed E-state index contributed by atoms with van der Waals surface area (Å²) < 4.78 is 0. The van der Waals surface area contributed by atoms with Crippen LogP contribution < -0.4 is 10.2 Å². The van der Waals surface area contributed by atoms with Crippen LogP contribution in [0.5, 0.6) is 0 Å². The molecule has 24 heavy (non-hydrogen) atoms. The molecule has 0 unspecified atom stereocenters. The van der Waals surface area contributed by atoms with Crippen molar-refractivity contribution in [2.24, 2.45) is 0 Å². The monoisotopic (exact) mass is 333 g/mol. The van der Waals surface area contributed by atoms with Gasteiger partial charge in [0, 0.05) is 31.7 Å². The molecule has 1 fully saturated rings. The van der Waals surface area contributed by atoms with E-state index in [1.54, 1.807) is 12.1 Å². The molecule has 0 radical (unpaired) electrons. The zero-order valence-electron chi connectivity index (χ0n) is 14.5. The lowest BCUT2D eigenvalue weighted by molar-refractivity contribution is -0.116. The van der Waals surface area contributed by atoms with Gasteiger partial charge in [0.05, 0.1) is 11.3 Å². The number of likely N-dealkylation sites (N-methyl/N-ethyl adjacent to an activating group) is 1. The first-order valence-electron chi connectivity index (χ1n) is 8.62. The Morgan fingerprint density at radius 3 is 2.71 bits per heavy atom. The van der Waals surface area contributed by atoms with Gasteiger partial charge in [0.15, 0.2) is 0 Å². The summed E-state index contributed by atoms with van der Waals surface area (Å²) in [6.45, 7) is 5.80. The Hall–Kier alpha value is -2.08. The maximum Gasteiger partial charge on any atom is 0.337 e. The van der Waals surface area contributed by atoms with Crippen LogP contribution in [0, 0.1) is 0 Å². The van der Waals surface area contributed by atoms with E-state index in [2.05, 4.69) is 22.2 Å². The van der Waals surface area contributed by atoms with Crippen molar-refractivity contribution in [2.75, 3.05) is 43.4 Å². The van der Waals surface area contributed by atoms with Gasteiger partial charge in [-0.2, -0.15) is 0 Å². The molecule has 132 valence electrons. The quantitative estimate of drug-likeness (QED) is 0.837. The number of nitrogens with zero attached hydrogens (tertiary/aromatic N) is 2. The number of carbonyl (C=O) groups excluding carboxylic acids is 1. The van der Waals surface area contributed by atoms with Crippen molar-refractivity contribution in [1.29, 1.82) is 0 Å². The Labute approximate surface area is 143 Å². The van der Waals surface area contributed by atoms with Crippen molar-refractivity contribution >= 4 is 23.3 Å². The first-order chi connectivity index (χ1) is 11.5. The molecular weight excluding hydrogens is 306 g/mol. The zero-order chi connectivity index (χ0) is 17.5. The molecule has 0 aliphatic carbocycles. The van der Waals surface area contributed by atoms with E-state index in [0.717, 1.165) is 51.1 Å². The lowest BCUT2D eigenvalue weighted by Gasteiger charge is -2.24. The van der Waals surface area contributed by atoms with Crippen LogP contribution >= 0.6 is 0 Å². The highest BCUT2D eigenvalue weighted by Gasteiger charge is 2.17. The topological polar surface area (TPSA) is 72.9 Å². The second kappa shape index (κ2) is 8.68. The number of unbranched alkanes of at least 4 members (excludes halogenated alkanes) is 1. The van der Waals surface area contributed by atoms with Crippen LogP contribution in [-0.2, 0) is 4.79 Å². The average molecular weight is 333 g/mol. The summed E-state index contributed by atoms with van der Waals surface area (Å²) >= 11 is 0. The number of hydrogen-bond donors (Lipinski definition) is 2. The fourth-order valence-corrected chi connectivity index (χ4v) is 2.87. The van der Waals surface area contributed by atoms with Crippen LogP contribution in [0.1, 0.15) is 43.0 Å². The van der Waals surface area contributed by atoms with E-state index in [1.807, 2.05) is 13.0 Å². The van der Waals surface area contributed by atoms with E-state index in [0.29, 0.717) is 12.1 Å². The fraction of sp³-hybridized carbons (Fsp3) is 0.556. The number of carboxylic acid groups (broad SMARTS) is 1. The molecule has 0 aromatic heterocycles. The lowest BCUT2D eigenvalue weighted by atomic mass is 10.1. The SMILES string of the molecule is CCCCC(=O)Nc1ccc(N2CCCN(C)CC2)cc1C(=O)O. The largest absolute Gasteiger partial charge is 0.478 e. The van der Waals surface area contributed by atoms with Gasteiger partial charge in [-0.3, -0.25) is 4.79 Å². The average Bonchev–Trinajstić information content (AvgIpc) is 2.77. The molecule has 6 nitrogen and oxygen atoms in total. The highest BCUT2D eigenvalue weighted by Crippen LogP contribution is 2.25. The van der Waals surface area contributed by atoms with E-state index < -0.39 is 5.97 Å². The van der Waals surface area contributed by atoms with Gasteiger partial charge in [0.2, 0.25) is 5.91 Å². The van der Waals surface area contributed by atoms with Gasteiger partial charge < -0.3 is 20.2 Å². The predicted octanol–water partition coefficient (Wildman–Crippen LogP) is 2.66. The molecule has 0 atom stereocenters. The summed E-state index contributed by atoms with van der Waals surface area (Å²) in [4.78, 5) is 28.0. The lowest BCUT2D eigenvalue weighted by Crippen LogP contribution is -2.29. The summed E-state index contributed by atoms with van der Waals surface area (Å²) in [7, 11) is 2.10. The number of carbonyl (C=O) groups is 2. The highest BCUT2D eigenvalue weighted by molar-refractivity contribution is 6.01. The maximum absolute atomic E-state index is 11.9. The van der Waals surface area contributed by atoms with Crippen molar-refractivity contribution in [1.82, 2.24) is 4.90 Å². The van der Waals surface area contributed by atoms with Gasteiger partial charge in [0.1, 0.15) is 0 Å². The molecule has 0 saturated carbocycles. The summed E-state index contributed by atoms with van der Waals surface area (Å²) in [5, 5.41) is 12.2. The van der Waals surface area contributed by atoms with E-state index in [1.165, 1.54) is 0 Å². The van der Waals surface area contributed by atoms with Gasteiger partial charge in [-0.05, 0) is 44.6 Å². The second-order valence-electron chi connectivity index (χ2n) is 6.33. The zero-order valence-corrected chi connectivity index (χ0v) is 14.5. The number of hydrogen-bond acceptors (Lipinski definition) is 4. The summed E-state index contributed by atoms with van der Waals surface area (Å²) in [5.74, 6) is -1.15. The molecule has 1 heterocycles. The minimum absolute atomic E-state index is 0.136.